The first-order valence-corrected chi connectivity index (χ1v) is 12.8. The first kappa shape index (κ1) is 20.7. The highest BCUT2D eigenvalue weighted by Gasteiger charge is 2.34. The zero-order chi connectivity index (χ0) is 18.2. The number of hydrogen-bond acceptors (Lipinski definition) is 0. The first-order valence-electron chi connectivity index (χ1n) is 12.8. The number of unbranched alkanes of at least 4 members (excludes halogenated alkanes) is 2. The summed E-state index contributed by atoms with van der Waals surface area (Å²) in [5, 5.41) is 0. The van der Waals surface area contributed by atoms with Crippen molar-refractivity contribution in [3.05, 3.63) is 0 Å². The third kappa shape index (κ3) is 6.00. The van der Waals surface area contributed by atoms with Crippen LogP contribution in [0.15, 0.2) is 0 Å². The summed E-state index contributed by atoms with van der Waals surface area (Å²) >= 11 is 0. The fourth-order valence-corrected chi connectivity index (χ4v) is 6.97. The lowest BCUT2D eigenvalue weighted by molar-refractivity contribution is 0.102. The van der Waals surface area contributed by atoms with Crippen LogP contribution >= 0.6 is 0 Å². The van der Waals surface area contributed by atoms with Gasteiger partial charge in [0.2, 0.25) is 0 Å². The second-order valence-corrected chi connectivity index (χ2v) is 10.5. The molecule has 0 aromatic carbocycles. The zero-order valence-electron chi connectivity index (χ0n) is 18.2. The maximum Gasteiger partial charge on any atom is -0.0386 e. The summed E-state index contributed by atoms with van der Waals surface area (Å²) in [7, 11) is 0. The van der Waals surface area contributed by atoms with Gasteiger partial charge in [0.25, 0.3) is 0 Å². The molecule has 0 aromatic heterocycles. The monoisotopic (exact) mass is 360 g/mol. The van der Waals surface area contributed by atoms with Crippen molar-refractivity contribution in [2.75, 3.05) is 0 Å². The van der Waals surface area contributed by atoms with Gasteiger partial charge in [0, 0.05) is 0 Å². The average molecular weight is 361 g/mol. The Hall–Kier alpha value is 0. The lowest BCUT2D eigenvalue weighted by atomic mass is 9.64. The van der Waals surface area contributed by atoms with Gasteiger partial charge in [-0.2, -0.15) is 0 Å². The van der Waals surface area contributed by atoms with E-state index < -0.39 is 0 Å². The van der Waals surface area contributed by atoms with Gasteiger partial charge in [-0.1, -0.05) is 78.1 Å². The van der Waals surface area contributed by atoms with Crippen molar-refractivity contribution in [1.82, 2.24) is 0 Å². The van der Waals surface area contributed by atoms with Crippen LogP contribution in [0.4, 0.5) is 0 Å². The third-order valence-corrected chi connectivity index (χ3v) is 8.86. The predicted octanol–water partition coefficient (Wildman–Crippen LogP) is 8.79. The summed E-state index contributed by atoms with van der Waals surface area (Å²) in [6, 6.07) is 0. The van der Waals surface area contributed by atoms with E-state index in [9.17, 15) is 0 Å². The molecule has 3 fully saturated rings. The molecule has 0 spiro atoms. The van der Waals surface area contributed by atoms with Crippen LogP contribution in [0.25, 0.3) is 0 Å². The molecule has 0 radical (unpaired) electrons. The van der Waals surface area contributed by atoms with Gasteiger partial charge in [0.05, 0.1) is 0 Å². The third-order valence-electron chi connectivity index (χ3n) is 8.86. The maximum absolute atomic E-state index is 2.35. The van der Waals surface area contributed by atoms with Crippen LogP contribution in [-0.2, 0) is 0 Å². The maximum atomic E-state index is 2.35. The molecule has 0 nitrogen and oxygen atoms in total. The highest BCUT2D eigenvalue weighted by Crippen LogP contribution is 2.46. The van der Waals surface area contributed by atoms with Gasteiger partial charge in [-0.3, -0.25) is 0 Å². The van der Waals surface area contributed by atoms with Crippen molar-refractivity contribution in [2.24, 2.45) is 35.5 Å². The van der Waals surface area contributed by atoms with E-state index in [0.717, 1.165) is 35.5 Å². The fourth-order valence-electron chi connectivity index (χ4n) is 6.97. The highest BCUT2D eigenvalue weighted by atomic mass is 14.4. The van der Waals surface area contributed by atoms with Crippen LogP contribution in [0.5, 0.6) is 0 Å². The summed E-state index contributed by atoms with van der Waals surface area (Å²) in [4.78, 5) is 0. The fraction of sp³-hybridized carbons (Fsp3) is 1.00. The lowest BCUT2D eigenvalue weighted by Gasteiger charge is -2.41. The Morgan fingerprint density at radius 3 is 0.962 bits per heavy atom. The Labute approximate surface area is 165 Å². The van der Waals surface area contributed by atoms with Gasteiger partial charge in [0.1, 0.15) is 0 Å². The average Bonchev–Trinajstić information content (AvgIpc) is 2.72. The van der Waals surface area contributed by atoms with Gasteiger partial charge >= 0.3 is 0 Å². The quantitative estimate of drug-likeness (QED) is 0.405. The zero-order valence-corrected chi connectivity index (χ0v) is 18.2. The standard InChI is InChI=1S/C26H48/c1-3-5-7-21-9-13-23(14-10-21)25-17-19-26(20-18-25)24-15-11-22(12-16-24)8-6-4-2/h21-26H,3-20H2,1-2H3. The molecule has 26 heavy (non-hydrogen) atoms. The van der Waals surface area contributed by atoms with Crippen molar-refractivity contribution in [3.63, 3.8) is 0 Å². The molecule has 0 N–H and O–H groups in total. The molecule has 0 heterocycles. The topological polar surface area (TPSA) is 0 Å². The Balaban J connectivity index is 1.32. The minimum Gasteiger partial charge on any atom is -0.0654 e. The molecule has 152 valence electrons. The highest BCUT2D eigenvalue weighted by molar-refractivity contribution is 4.85. The smallest absolute Gasteiger partial charge is 0.0386 e. The SMILES string of the molecule is CCCCC1CCC(C2CCC(C3CCC(CCCC)CC3)CC2)CC1. The van der Waals surface area contributed by atoms with Crippen LogP contribution in [0.2, 0.25) is 0 Å². The minimum atomic E-state index is 1.09. The summed E-state index contributed by atoms with van der Waals surface area (Å²) in [5.74, 6) is 6.62. The van der Waals surface area contributed by atoms with E-state index in [0.29, 0.717) is 0 Å². The van der Waals surface area contributed by atoms with E-state index in [1.807, 2.05) is 0 Å². The first-order chi connectivity index (χ1) is 12.8. The minimum absolute atomic E-state index is 1.09. The molecular weight excluding hydrogens is 312 g/mol. The van der Waals surface area contributed by atoms with Crippen molar-refractivity contribution in [1.29, 1.82) is 0 Å². The van der Waals surface area contributed by atoms with E-state index in [2.05, 4.69) is 13.8 Å². The van der Waals surface area contributed by atoms with Crippen molar-refractivity contribution < 1.29 is 0 Å². The number of hydrogen-bond donors (Lipinski definition) is 0. The van der Waals surface area contributed by atoms with Gasteiger partial charge in [-0.05, 0) is 86.9 Å². The largest absolute Gasteiger partial charge is 0.0654 e. The molecule has 3 aliphatic carbocycles. The molecule has 0 unspecified atom stereocenters. The van der Waals surface area contributed by atoms with Gasteiger partial charge in [0.15, 0.2) is 0 Å². The van der Waals surface area contributed by atoms with E-state index >= 15 is 0 Å². The predicted molar refractivity (Wildman–Crippen MR) is 115 cm³/mol. The van der Waals surface area contributed by atoms with Gasteiger partial charge in [-0.15, -0.1) is 0 Å². The van der Waals surface area contributed by atoms with Crippen molar-refractivity contribution >= 4 is 0 Å². The number of rotatable bonds is 8. The van der Waals surface area contributed by atoms with Crippen LogP contribution in [-0.4, -0.2) is 0 Å². The van der Waals surface area contributed by atoms with E-state index in [1.54, 1.807) is 77.0 Å². The molecule has 0 aliphatic heterocycles. The van der Waals surface area contributed by atoms with Gasteiger partial charge in [-0.25, -0.2) is 0 Å². The summed E-state index contributed by atoms with van der Waals surface area (Å²) in [6.07, 6.45) is 27.7. The molecule has 0 heteroatoms. The van der Waals surface area contributed by atoms with Crippen LogP contribution < -0.4 is 0 Å². The normalized spacial score (nSPS) is 39.0. The van der Waals surface area contributed by atoms with Crippen molar-refractivity contribution in [3.8, 4) is 0 Å². The van der Waals surface area contributed by atoms with Crippen LogP contribution in [0.3, 0.4) is 0 Å². The molecule has 0 bridgehead atoms. The van der Waals surface area contributed by atoms with Gasteiger partial charge < -0.3 is 0 Å². The molecular formula is C26H48. The molecule has 3 rings (SSSR count). The summed E-state index contributed by atoms with van der Waals surface area (Å²) in [5.41, 5.74) is 0. The molecule has 0 atom stereocenters. The second kappa shape index (κ2) is 11.1. The molecule has 0 saturated heterocycles. The van der Waals surface area contributed by atoms with E-state index in [-0.39, 0.29) is 0 Å². The molecule has 0 amide bonds. The van der Waals surface area contributed by atoms with E-state index in [4.69, 9.17) is 0 Å². The van der Waals surface area contributed by atoms with Crippen LogP contribution in [0.1, 0.15) is 129 Å². The summed E-state index contributed by atoms with van der Waals surface area (Å²) in [6.45, 7) is 4.70. The Bertz CT molecular complexity index is 312. The van der Waals surface area contributed by atoms with Crippen LogP contribution in [0, 0.1) is 35.5 Å². The van der Waals surface area contributed by atoms with E-state index in [1.165, 1.54) is 38.5 Å². The molecule has 3 aliphatic rings. The Kier molecular flexibility index (Phi) is 8.86. The molecule has 3 saturated carbocycles. The summed E-state index contributed by atoms with van der Waals surface area (Å²) < 4.78 is 0. The van der Waals surface area contributed by atoms with Crippen molar-refractivity contribution in [2.45, 2.75) is 129 Å². The molecule has 0 aromatic rings. The Morgan fingerprint density at radius 2 is 0.692 bits per heavy atom. The lowest BCUT2D eigenvalue weighted by Crippen LogP contribution is -2.29. The second-order valence-electron chi connectivity index (χ2n) is 10.5. The Morgan fingerprint density at radius 1 is 0.423 bits per heavy atom.